The van der Waals surface area contributed by atoms with Crippen molar-refractivity contribution in [2.45, 2.75) is 5.16 Å². The summed E-state index contributed by atoms with van der Waals surface area (Å²) in [6, 6.07) is 9.89. The van der Waals surface area contributed by atoms with Crippen LogP contribution in [0.25, 0.3) is 11.3 Å². The first-order chi connectivity index (χ1) is 14.5. The van der Waals surface area contributed by atoms with Crippen LogP contribution in [0.15, 0.2) is 64.8 Å². The number of ketones is 1. The van der Waals surface area contributed by atoms with E-state index in [0.29, 0.717) is 16.5 Å². The fourth-order valence-electron chi connectivity index (χ4n) is 2.79. The molecule has 0 aliphatic carbocycles. The molecule has 0 saturated heterocycles. The Labute approximate surface area is 172 Å². The average molecular weight is 428 g/mol. The number of carbonyl (C=O) groups is 1. The second-order valence-electron chi connectivity index (χ2n) is 6.19. The van der Waals surface area contributed by atoms with Gasteiger partial charge in [0.15, 0.2) is 22.6 Å². The van der Waals surface area contributed by atoms with Crippen molar-refractivity contribution in [3.8, 4) is 11.4 Å². The molecule has 152 valence electrons. The fraction of sp³-hybridized carbons (Fsp3) is 0.100. The number of nitrogens with zero attached hydrogens (tertiary/aromatic N) is 4. The number of halogens is 2. The van der Waals surface area contributed by atoms with Gasteiger partial charge in [-0.05, 0) is 36.4 Å². The Morgan fingerprint density at radius 2 is 1.83 bits per heavy atom. The van der Waals surface area contributed by atoms with E-state index in [-0.39, 0.29) is 22.9 Å². The zero-order valence-corrected chi connectivity index (χ0v) is 16.4. The van der Waals surface area contributed by atoms with Gasteiger partial charge in [0.1, 0.15) is 5.75 Å². The minimum Gasteiger partial charge on any atom is -0.497 e. The molecule has 4 aromatic rings. The van der Waals surface area contributed by atoms with Crippen molar-refractivity contribution in [1.29, 1.82) is 0 Å². The highest BCUT2D eigenvalue weighted by Crippen LogP contribution is 2.19. The number of ether oxygens (including phenoxy) is 1. The number of hydrogen-bond acceptors (Lipinski definition) is 6. The van der Waals surface area contributed by atoms with Crippen LogP contribution in [0.2, 0.25) is 0 Å². The lowest BCUT2D eigenvalue weighted by atomic mass is 10.1. The molecule has 0 radical (unpaired) electrons. The average Bonchev–Trinajstić information content (AvgIpc) is 3.18. The summed E-state index contributed by atoms with van der Waals surface area (Å²) < 4.78 is 34.3. The molecule has 7 nitrogen and oxygen atoms in total. The molecule has 2 aromatic carbocycles. The largest absolute Gasteiger partial charge is 0.497 e. The van der Waals surface area contributed by atoms with Gasteiger partial charge in [-0.3, -0.25) is 18.6 Å². The lowest BCUT2D eigenvalue weighted by molar-refractivity contribution is 0.102. The van der Waals surface area contributed by atoms with E-state index in [1.54, 1.807) is 31.4 Å². The third kappa shape index (κ3) is 3.69. The van der Waals surface area contributed by atoms with Crippen molar-refractivity contribution in [3.05, 3.63) is 82.4 Å². The number of carbonyl (C=O) groups excluding carboxylic acids is 1. The maximum Gasteiger partial charge on any atom is 0.300 e. The van der Waals surface area contributed by atoms with Gasteiger partial charge < -0.3 is 4.74 Å². The summed E-state index contributed by atoms with van der Waals surface area (Å²) in [5, 5.41) is 8.22. The molecular weight excluding hydrogens is 414 g/mol. The molecule has 2 aromatic heterocycles. The van der Waals surface area contributed by atoms with E-state index in [9.17, 15) is 18.4 Å². The molecule has 2 heterocycles. The highest BCUT2D eigenvalue weighted by molar-refractivity contribution is 7.99. The van der Waals surface area contributed by atoms with Gasteiger partial charge in [0.05, 0.1) is 18.6 Å². The number of methoxy groups -OCH3 is 1. The van der Waals surface area contributed by atoms with Crippen molar-refractivity contribution in [3.63, 3.8) is 0 Å². The van der Waals surface area contributed by atoms with E-state index < -0.39 is 17.2 Å². The summed E-state index contributed by atoms with van der Waals surface area (Å²) in [5.74, 6) is -1.43. The van der Waals surface area contributed by atoms with Gasteiger partial charge >= 0.3 is 5.56 Å². The predicted molar refractivity (Wildman–Crippen MR) is 107 cm³/mol. The Balaban J connectivity index is 1.57. The summed E-state index contributed by atoms with van der Waals surface area (Å²) in [4.78, 5) is 25.1. The van der Waals surface area contributed by atoms with Crippen LogP contribution in [0.3, 0.4) is 0 Å². The number of hydrogen-bond donors (Lipinski definition) is 0. The van der Waals surface area contributed by atoms with E-state index in [4.69, 9.17) is 4.74 Å². The molecule has 4 rings (SSSR count). The molecule has 0 aliphatic heterocycles. The molecule has 0 aliphatic rings. The SMILES string of the molecule is COc1ccc(C(=O)CSc2nnc3c(=O)n(-c4ccc(F)c(F)c4)ccn23)cc1. The summed E-state index contributed by atoms with van der Waals surface area (Å²) in [6.07, 6.45) is 2.93. The van der Waals surface area contributed by atoms with Crippen molar-refractivity contribution >= 4 is 23.2 Å². The molecule has 0 saturated carbocycles. The maximum absolute atomic E-state index is 13.5. The predicted octanol–water partition coefficient (Wildman–Crippen LogP) is 3.14. The van der Waals surface area contributed by atoms with E-state index in [1.807, 2.05) is 0 Å². The maximum atomic E-state index is 13.5. The molecule has 10 heteroatoms. The topological polar surface area (TPSA) is 78.5 Å². The number of Topliss-reactive ketones (excluding diaryl/α,β-unsaturated/α-hetero) is 1. The zero-order valence-electron chi connectivity index (χ0n) is 15.6. The molecule has 0 fully saturated rings. The van der Waals surface area contributed by atoms with Gasteiger partial charge in [-0.25, -0.2) is 8.78 Å². The summed E-state index contributed by atoms with van der Waals surface area (Å²) in [7, 11) is 1.55. The van der Waals surface area contributed by atoms with E-state index >= 15 is 0 Å². The molecule has 0 bridgehead atoms. The molecule has 0 amide bonds. The quantitative estimate of drug-likeness (QED) is 0.347. The monoisotopic (exact) mass is 428 g/mol. The van der Waals surface area contributed by atoms with Gasteiger partial charge in [-0.1, -0.05) is 11.8 Å². The lowest BCUT2D eigenvalue weighted by Gasteiger charge is -2.07. The van der Waals surface area contributed by atoms with Crippen LogP contribution in [-0.2, 0) is 0 Å². The Morgan fingerprint density at radius 3 is 2.53 bits per heavy atom. The standard InChI is InChI=1S/C20H14F2N4O3S/c1-29-14-5-2-12(3-6-14)17(27)11-30-20-24-23-18-19(28)25(8-9-26(18)20)13-4-7-15(21)16(22)10-13/h2-10H,11H2,1H3. The number of thioether (sulfide) groups is 1. The van der Waals surface area contributed by atoms with Gasteiger partial charge in [-0.15, -0.1) is 10.2 Å². The zero-order chi connectivity index (χ0) is 21.3. The van der Waals surface area contributed by atoms with Crippen LogP contribution in [0.1, 0.15) is 10.4 Å². The Morgan fingerprint density at radius 1 is 1.07 bits per heavy atom. The van der Waals surface area contributed by atoms with Crippen LogP contribution in [0, 0.1) is 11.6 Å². The normalized spacial score (nSPS) is 11.0. The molecule has 0 N–H and O–H groups in total. The van der Waals surface area contributed by atoms with Crippen LogP contribution >= 0.6 is 11.8 Å². The van der Waals surface area contributed by atoms with Crippen LogP contribution in [0.5, 0.6) is 5.75 Å². The Kier molecular flexibility index (Phi) is 5.32. The highest BCUT2D eigenvalue weighted by Gasteiger charge is 2.15. The Bertz CT molecular complexity index is 1300. The second kappa shape index (κ2) is 8.07. The molecule has 0 atom stereocenters. The number of aromatic nitrogens is 4. The first-order valence-corrected chi connectivity index (χ1v) is 9.68. The first-order valence-electron chi connectivity index (χ1n) is 8.70. The van der Waals surface area contributed by atoms with Gasteiger partial charge in [0.25, 0.3) is 0 Å². The fourth-order valence-corrected chi connectivity index (χ4v) is 3.60. The number of fused-ring (bicyclic) bond motifs is 1. The van der Waals surface area contributed by atoms with E-state index in [1.165, 1.54) is 22.9 Å². The van der Waals surface area contributed by atoms with Crippen LogP contribution in [0.4, 0.5) is 8.78 Å². The van der Waals surface area contributed by atoms with E-state index in [2.05, 4.69) is 10.2 Å². The number of benzene rings is 2. The van der Waals surface area contributed by atoms with Crippen LogP contribution < -0.4 is 10.3 Å². The number of rotatable bonds is 6. The van der Waals surface area contributed by atoms with Gasteiger partial charge in [-0.2, -0.15) is 0 Å². The summed E-state index contributed by atoms with van der Waals surface area (Å²) in [5.41, 5.74) is 0.136. The van der Waals surface area contributed by atoms with Crippen molar-refractivity contribution in [2.24, 2.45) is 0 Å². The summed E-state index contributed by atoms with van der Waals surface area (Å²) in [6.45, 7) is 0. The minimum absolute atomic E-state index is 0.00151. The summed E-state index contributed by atoms with van der Waals surface area (Å²) >= 11 is 1.14. The third-order valence-electron chi connectivity index (χ3n) is 4.37. The van der Waals surface area contributed by atoms with Crippen LogP contribution in [-0.4, -0.2) is 37.8 Å². The molecule has 30 heavy (non-hydrogen) atoms. The smallest absolute Gasteiger partial charge is 0.300 e. The first kappa shape index (κ1) is 19.8. The van der Waals surface area contributed by atoms with Crippen molar-refractivity contribution in [2.75, 3.05) is 12.9 Å². The Hall–Kier alpha value is -3.53. The molecular formula is C20H14F2N4O3S. The van der Waals surface area contributed by atoms with Gasteiger partial charge in [0.2, 0.25) is 5.65 Å². The van der Waals surface area contributed by atoms with Crippen molar-refractivity contribution < 1.29 is 18.3 Å². The molecule has 0 unspecified atom stereocenters. The van der Waals surface area contributed by atoms with Crippen molar-refractivity contribution in [1.82, 2.24) is 19.2 Å². The second-order valence-corrected chi connectivity index (χ2v) is 7.13. The van der Waals surface area contributed by atoms with E-state index in [0.717, 1.165) is 28.5 Å². The third-order valence-corrected chi connectivity index (χ3v) is 5.31. The minimum atomic E-state index is -1.06. The lowest BCUT2D eigenvalue weighted by Crippen LogP contribution is -2.20. The highest BCUT2D eigenvalue weighted by atomic mass is 32.2. The molecule has 0 spiro atoms. The van der Waals surface area contributed by atoms with Gasteiger partial charge in [0, 0.05) is 24.0 Å².